The maximum atomic E-state index is 12.7. The van der Waals surface area contributed by atoms with E-state index in [1.54, 1.807) is 38.1 Å². The summed E-state index contributed by atoms with van der Waals surface area (Å²) in [4.78, 5) is 28.7. The molecule has 0 atom stereocenters. The van der Waals surface area contributed by atoms with Gasteiger partial charge in [-0.1, -0.05) is 12.1 Å². The van der Waals surface area contributed by atoms with Gasteiger partial charge in [-0.2, -0.15) is 0 Å². The van der Waals surface area contributed by atoms with Gasteiger partial charge in [0, 0.05) is 12.1 Å². The summed E-state index contributed by atoms with van der Waals surface area (Å²) in [6.45, 7) is 3.57. The van der Waals surface area contributed by atoms with Crippen LogP contribution < -0.4 is 15.4 Å². The number of carbonyl (C=O) groups excluding carboxylic acids is 1. The Balaban J connectivity index is 1.98. The molecule has 0 saturated carbocycles. The zero-order valence-electron chi connectivity index (χ0n) is 13.2. The third kappa shape index (κ3) is 2.73. The number of nitrogens with two attached hydrogens (primary N) is 1. The normalized spacial score (nSPS) is 15.6. The van der Waals surface area contributed by atoms with Crippen molar-refractivity contribution in [3.8, 4) is 5.75 Å². The Morgan fingerprint density at radius 2 is 1.92 bits per heavy atom. The van der Waals surface area contributed by atoms with Crippen LogP contribution >= 0.6 is 0 Å². The summed E-state index contributed by atoms with van der Waals surface area (Å²) in [6, 6.07) is 9.31. The number of nitro benzene ring substituents is 1. The topological polar surface area (TPSA) is 112 Å². The van der Waals surface area contributed by atoms with E-state index in [4.69, 9.17) is 10.5 Å². The number of nitrogen functional groups attached to an aromatic ring is 1. The van der Waals surface area contributed by atoms with E-state index in [9.17, 15) is 14.9 Å². The molecule has 0 radical (unpaired) electrons. The average molecular weight is 328 g/mol. The third-order valence-corrected chi connectivity index (χ3v) is 3.73. The van der Waals surface area contributed by atoms with Crippen LogP contribution in [-0.4, -0.2) is 21.4 Å². The number of non-ortho nitro benzene ring substituents is 1. The fraction of sp³-hybridized carbons (Fsp3) is 0.250. The van der Waals surface area contributed by atoms with Crippen LogP contribution in [0.3, 0.4) is 0 Å². The first kappa shape index (κ1) is 15.7. The maximum absolute atomic E-state index is 12.7. The number of hydrogen-bond acceptors (Lipinski definition) is 6. The lowest BCUT2D eigenvalue weighted by Crippen LogP contribution is -2.52. The van der Waals surface area contributed by atoms with E-state index in [0.717, 1.165) is 5.56 Å². The summed E-state index contributed by atoms with van der Waals surface area (Å²) in [7, 11) is 0. The van der Waals surface area contributed by atoms with Crippen LogP contribution in [-0.2, 0) is 11.3 Å². The number of amides is 1. The standard InChI is InChI=1S/C16H16N4O4/c1-16(2)15(21)19(14-12(24-16)7-8-13(17)18-14)9-10-3-5-11(6-4-10)20(22)23/h3-8H,9H2,1-2H3,(H2,17,18). The van der Waals surface area contributed by atoms with Gasteiger partial charge >= 0.3 is 0 Å². The van der Waals surface area contributed by atoms with Crippen molar-refractivity contribution in [3.63, 3.8) is 0 Å². The Morgan fingerprint density at radius 3 is 2.54 bits per heavy atom. The number of ether oxygens (including phenoxy) is 1. The first-order valence-electron chi connectivity index (χ1n) is 7.29. The van der Waals surface area contributed by atoms with Crippen molar-refractivity contribution in [2.24, 2.45) is 0 Å². The van der Waals surface area contributed by atoms with E-state index in [1.165, 1.54) is 17.0 Å². The molecule has 3 rings (SSSR count). The van der Waals surface area contributed by atoms with E-state index >= 15 is 0 Å². The van der Waals surface area contributed by atoms with E-state index in [0.29, 0.717) is 11.6 Å². The van der Waals surface area contributed by atoms with E-state index in [-0.39, 0.29) is 24.0 Å². The summed E-state index contributed by atoms with van der Waals surface area (Å²) in [5.41, 5.74) is 5.42. The average Bonchev–Trinajstić information content (AvgIpc) is 2.53. The number of carbonyl (C=O) groups is 1. The minimum absolute atomic E-state index is 0.00449. The fourth-order valence-electron chi connectivity index (χ4n) is 2.52. The van der Waals surface area contributed by atoms with Crippen molar-refractivity contribution in [3.05, 3.63) is 52.1 Å². The molecule has 1 aliphatic heterocycles. The van der Waals surface area contributed by atoms with Gasteiger partial charge in [-0.15, -0.1) is 0 Å². The maximum Gasteiger partial charge on any atom is 0.272 e. The molecule has 0 unspecified atom stereocenters. The number of aromatic nitrogens is 1. The Labute approximate surface area is 138 Å². The second kappa shape index (κ2) is 5.48. The molecule has 124 valence electrons. The van der Waals surface area contributed by atoms with Crippen LogP contribution in [0.1, 0.15) is 19.4 Å². The van der Waals surface area contributed by atoms with Gasteiger partial charge in [-0.25, -0.2) is 4.98 Å². The van der Waals surface area contributed by atoms with Gasteiger partial charge in [0.05, 0.1) is 11.5 Å². The molecule has 0 bridgehead atoms. The molecule has 8 heteroatoms. The highest BCUT2D eigenvalue weighted by molar-refractivity contribution is 6.01. The third-order valence-electron chi connectivity index (χ3n) is 3.73. The van der Waals surface area contributed by atoms with E-state index in [2.05, 4.69) is 4.98 Å². The summed E-state index contributed by atoms with van der Waals surface area (Å²) in [5.74, 6) is 0.832. The molecule has 0 fully saturated rings. The van der Waals surface area contributed by atoms with Gasteiger partial charge < -0.3 is 10.5 Å². The van der Waals surface area contributed by atoms with Gasteiger partial charge in [0.25, 0.3) is 11.6 Å². The number of hydrogen-bond donors (Lipinski definition) is 1. The van der Waals surface area contributed by atoms with Gasteiger partial charge in [0.2, 0.25) is 0 Å². The predicted octanol–water partition coefficient (Wildman–Crippen LogP) is 2.28. The molecule has 8 nitrogen and oxygen atoms in total. The lowest BCUT2D eigenvalue weighted by atomic mass is 10.0. The minimum Gasteiger partial charge on any atom is -0.474 e. The Morgan fingerprint density at radius 1 is 1.25 bits per heavy atom. The zero-order valence-corrected chi connectivity index (χ0v) is 13.2. The molecule has 2 aromatic rings. The number of rotatable bonds is 3. The molecule has 2 N–H and O–H groups in total. The Kier molecular flexibility index (Phi) is 3.59. The first-order valence-corrected chi connectivity index (χ1v) is 7.29. The molecular weight excluding hydrogens is 312 g/mol. The molecule has 24 heavy (non-hydrogen) atoms. The molecule has 1 aromatic carbocycles. The highest BCUT2D eigenvalue weighted by atomic mass is 16.6. The summed E-state index contributed by atoms with van der Waals surface area (Å²) >= 11 is 0. The van der Waals surface area contributed by atoms with Gasteiger partial charge in [0.15, 0.2) is 17.2 Å². The number of nitrogens with zero attached hydrogens (tertiary/aromatic N) is 3. The summed E-state index contributed by atoms with van der Waals surface area (Å²) < 4.78 is 5.71. The second-order valence-corrected chi connectivity index (χ2v) is 5.99. The summed E-state index contributed by atoms with van der Waals surface area (Å²) in [5, 5.41) is 10.7. The van der Waals surface area contributed by atoms with Crippen LogP contribution in [0.4, 0.5) is 17.3 Å². The Hall–Kier alpha value is -3.16. The number of pyridine rings is 1. The SMILES string of the molecule is CC1(C)Oc2ccc(N)nc2N(Cc2ccc([N+](=O)[O-])cc2)C1=O. The molecule has 2 heterocycles. The highest BCUT2D eigenvalue weighted by Crippen LogP contribution is 2.37. The number of nitro groups is 1. The minimum atomic E-state index is -1.04. The fourth-order valence-corrected chi connectivity index (χ4v) is 2.52. The van der Waals surface area contributed by atoms with Crippen LogP contribution in [0.15, 0.2) is 36.4 Å². The van der Waals surface area contributed by atoms with Crippen molar-refractivity contribution >= 4 is 23.2 Å². The van der Waals surface area contributed by atoms with Crippen molar-refractivity contribution < 1.29 is 14.5 Å². The zero-order chi connectivity index (χ0) is 17.5. The van der Waals surface area contributed by atoms with Gasteiger partial charge in [0.1, 0.15) is 5.82 Å². The van der Waals surface area contributed by atoms with Gasteiger partial charge in [-0.05, 0) is 31.5 Å². The lowest BCUT2D eigenvalue weighted by Gasteiger charge is -2.37. The van der Waals surface area contributed by atoms with Crippen LogP contribution in [0.5, 0.6) is 5.75 Å². The molecule has 0 saturated heterocycles. The van der Waals surface area contributed by atoms with E-state index in [1.807, 2.05) is 0 Å². The molecule has 0 aliphatic carbocycles. The largest absolute Gasteiger partial charge is 0.474 e. The first-order chi connectivity index (χ1) is 11.3. The van der Waals surface area contributed by atoms with Crippen molar-refractivity contribution in [1.29, 1.82) is 0 Å². The predicted molar refractivity (Wildman–Crippen MR) is 87.6 cm³/mol. The van der Waals surface area contributed by atoms with E-state index < -0.39 is 10.5 Å². The van der Waals surface area contributed by atoms with Crippen LogP contribution in [0.2, 0.25) is 0 Å². The Bertz CT molecular complexity index is 817. The molecule has 1 aliphatic rings. The number of fused-ring (bicyclic) bond motifs is 1. The van der Waals surface area contributed by atoms with Crippen LogP contribution in [0, 0.1) is 10.1 Å². The quantitative estimate of drug-likeness (QED) is 0.683. The van der Waals surface area contributed by atoms with Crippen LogP contribution in [0.25, 0.3) is 0 Å². The number of benzene rings is 1. The summed E-state index contributed by atoms with van der Waals surface area (Å²) in [6.07, 6.45) is 0. The van der Waals surface area contributed by atoms with Crippen molar-refractivity contribution in [1.82, 2.24) is 4.98 Å². The van der Waals surface area contributed by atoms with Crippen molar-refractivity contribution in [2.75, 3.05) is 10.6 Å². The highest BCUT2D eigenvalue weighted by Gasteiger charge is 2.41. The molecule has 1 amide bonds. The molecule has 0 spiro atoms. The molecule has 1 aromatic heterocycles. The smallest absolute Gasteiger partial charge is 0.272 e. The lowest BCUT2D eigenvalue weighted by molar-refractivity contribution is -0.384. The van der Waals surface area contributed by atoms with Gasteiger partial charge in [-0.3, -0.25) is 19.8 Å². The monoisotopic (exact) mass is 328 g/mol. The number of anilines is 2. The second-order valence-electron chi connectivity index (χ2n) is 5.99. The van der Waals surface area contributed by atoms with Crippen molar-refractivity contribution in [2.45, 2.75) is 26.0 Å². The molecular formula is C16H16N4O4.